The number of ether oxygens (including phenoxy) is 2. The molecule has 3 aromatic rings. The van der Waals surface area contributed by atoms with Crippen molar-refractivity contribution in [3.05, 3.63) is 58.7 Å². The first-order chi connectivity index (χ1) is 20.3. The van der Waals surface area contributed by atoms with Crippen LogP contribution < -0.4 is 14.5 Å². The fourth-order valence-electron chi connectivity index (χ4n) is 6.21. The van der Waals surface area contributed by atoms with Crippen LogP contribution in [0.1, 0.15) is 81.6 Å². The molecule has 0 amide bonds. The van der Waals surface area contributed by atoms with Crippen LogP contribution in [-0.4, -0.2) is 58.4 Å². The van der Waals surface area contributed by atoms with E-state index in [0.717, 1.165) is 61.4 Å². The number of rotatable bonds is 7. The molecule has 2 aliphatic rings. The van der Waals surface area contributed by atoms with E-state index in [9.17, 15) is 9.90 Å². The van der Waals surface area contributed by atoms with E-state index in [4.69, 9.17) is 14.5 Å². The van der Waals surface area contributed by atoms with Gasteiger partial charge in [-0.05, 0) is 76.0 Å². The maximum atomic E-state index is 12.8. The Hall–Kier alpha value is -3.72. The van der Waals surface area contributed by atoms with E-state index < -0.39 is 17.7 Å². The van der Waals surface area contributed by atoms with Crippen LogP contribution in [0.3, 0.4) is 0 Å². The van der Waals surface area contributed by atoms with Crippen molar-refractivity contribution in [2.24, 2.45) is 5.41 Å². The van der Waals surface area contributed by atoms with Crippen LogP contribution in [0.25, 0.3) is 11.1 Å². The van der Waals surface area contributed by atoms with Crippen LogP contribution in [0.15, 0.2) is 30.6 Å². The molecule has 5 rings (SSSR count). The molecule has 0 radical (unpaired) electrons. The minimum atomic E-state index is -1.13. The van der Waals surface area contributed by atoms with Gasteiger partial charge in [-0.25, -0.2) is 14.8 Å². The molecule has 0 bridgehead atoms. The third kappa shape index (κ3) is 6.61. The molecule has 2 aliphatic heterocycles. The molecule has 9 nitrogen and oxygen atoms in total. The fraction of sp³-hybridized carbons (Fsp3) is 0.529. The largest absolute Gasteiger partial charge is 0.494 e. The number of hydrogen-bond acceptors (Lipinski definition) is 8. The van der Waals surface area contributed by atoms with Gasteiger partial charge in [0.15, 0.2) is 11.9 Å². The molecule has 4 heterocycles. The predicted molar refractivity (Wildman–Crippen MR) is 169 cm³/mol. The molecule has 0 saturated carbocycles. The van der Waals surface area contributed by atoms with E-state index >= 15 is 0 Å². The SMILES string of the molecule is COc1cnc(N2CCc3cc(-c4c(C)nc(C)c([C@H](OC(C)(C)C)C(=O)O)c4N4CCC(C)(C)CC4)ccc3C2)nc1. The van der Waals surface area contributed by atoms with Crippen LogP contribution in [0.2, 0.25) is 0 Å². The lowest BCUT2D eigenvalue weighted by Crippen LogP contribution is -2.39. The average Bonchev–Trinajstić information content (AvgIpc) is 2.95. The normalized spacial score (nSPS) is 17.4. The molecule has 2 aromatic heterocycles. The highest BCUT2D eigenvalue weighted by molar-refractivity contribution is 5.88. The van der Waals surface area contributed by atoms with Gasteiger partial charge >= 0.3 is 5.97 Å². The molecule has 0 aliphatic carbocycles. The van der Waals surface area contributed by atoms with Crippen molar-refractivity contribution in [2.75, 3.05) is 36.5 Å². The topological polar surface area (TPSA) is 101 Å². The molecular weight excluding hydrogens is 542 g/mol. The summed E-state index contributed by atoms with van der Waals surface area (Å²) in [5.41, 5.74) is 7.34. The van der Waals surface area contributed by atoms with Crippen molar-refractivity contribution in [3.63, 3.8) is 0 Å². The minimum Gasteiger partial charge on any atom is -0.494 e. The number of nitrogens with zero attached hydrogens (tertiary/aromatic N) is 5. The Morgan fingerprint density at radius 1 is 1.00 bits per heavy atom. The van der Waals surface area contributed by atoms with Crippen LogP contribution in [0.4, 0.5) is 11.6 Å². The molecule has 0 spiro atoms. The van der Waals surface area contributed by atoms with Gasteiger partial charge in [0.05, 0.1) is 30.8 Å². The first-order valence-corrected chi connectivity index (χ1v) is 15.2. The van der Waals surface area contributed by atoms with E-state index in [1.54, 1.807) is 19.5 Å². The summed E-state index contributed by atoms with van der Waals surface area (Å²) in [7, 11) is 1.61. The summed E-state index contributed by atoms with van der Waals surface area (Å²) < 4.78 is 11.5. The van der Waals surface area contributed by atoms with Crippen molar-refractivity contribution in [2.45, 2.75) is 86.0 Å². The molecule has 1 atom stereocenters. The van der Waals surface area contributed by atoms with E-state index in [1.807, 2.05) is 34.6 Å². The van der Waals surface area contributed by atoms with E-state index in [2.05, 4.69) is 51.8 Å². The highest BCUT2D eigenvalue weighted by atomic mass is 16.5. The molecule has 1 aromatic carbocycles. The van der Waals surface area contributed by atoms with Gasteiger partial charge in [0, 0.05) is 48.7 Å². The number of carboxylic acids is 1. The predicted octanol–water partition coefficient (Wildman–Crippen LogP) is 6.29. The van der Waals surface area contributed by atoms with E-state index in [0.29, 0.717) is 29.5 Å². The van der Waals surface area contributed by atoms with Crippen LogP contribution in [0.5, 0.6) is 5.75 Å². The number of methoxy groups -OCH3 is 1. The number of benzene rings is 1. The zero-order valence-corrected chi connectivity index (χ0v) is 26.8. The summed E-state index contributed by atoms with van der Waals surface area (Å²) >= 11 is 0. The third-order valence-electron chi connectivity index (χ3n) is 8.61. The Morgan fingerprint density at radius 2 is 1.67 bits per heavy atom. The number of anilines is 2. The molecule has 1 N–H and O–H groups in total. The van der Waals surface area contributed by atoms with Gasteiger partial charge in [0.1, 0.15) is 0 Å². The van der Waals surface area contributed by atoms with Gasteiger partial charge in [0.25, 0.3) is 0 Å². The third-order valence-corrected chi connectivity index (χ3v) is 8.61. The fourth-order valence-corrected chi connectivity index (χ4v) is 6.21. The van der Waals surface area contributed by atoms with Crippen molar-refractivity contribution in [3.8, 4) is 16.9 Å². The maximum absolute atomic E-state index is 12.8. The van der Waals surface area contributed by atoms with Gasteiger partial charge in [-0.15, -0.1) is 0 Å². The van der Waals surface area contributed by atoms with Crippen molar-refractivity contribution in [1.82, 2.24) is 15.0 Å². The second kappa shape index (κ2) is 11.8. The Kier molecular flexibility index (Phi) is 8.40. The number of pyridine rings is 1. The van der Waals surface area contributed by atoms with Gasteiger partial charge in [-0.2, -0.15) is 0 Å². The highest BCUT2D eigenvalue weighted by Gasteiger charge is 2.36. The molecule has 1 fully saturated rings. The summed E-state index contributed by atoms with van der Waals surface area (Å²) in [5.74, 6) is 0.325. The average molecular weight is 588 g/mol. The molecule has 1 saturated heterocycles. The van der Waals surface area contributed by atoms with Gasteiger partial charge < -0.3 is 24.4 Å². The maximum Gasteiger partial charge on any atom is 0.337 e. The smallest absolute Gasteiger partial charge is 0.337 e. The number of carbonyl (C=O) groups is 1. The number of hydrogen-bond donors (Lipinski definition) is 1. The van der Waals surface area contributed by atoms with E-state index in [-0.39, 0.29) is 5.41 Å². The van der Waals surface area contributed by atoms with Crippen LogP contribution >= 0.6 is 0 Å². The summed E-state index contributed by atoms with van der Waals surface area (Å²) in [6.45, 7) is 17.5. The molecule has 0 unspecified atom stereocenters. The zero-order chi connectivity index (χ0) is 31.1. The van der Waals surface area contributed by atoms with Crippen LogP contribution in [0, 0.1) is 19.3 Å². The van der Waals surface area contributed by atoms with Crippen molar-refractivity contribution < 1.29 is 19.4 Å². The summed E-state index contributed by atoms with van der Waals surface area (Å²) in [5, 5.41) is 10.5. The molecule has 9 heteroatoms. The molecule has 43 heavy (non-hydrogen) atoms. The van der Waals surface area contributed by atoms with Crippen LogP contribution in [-0.2, 0) is 22.5 Å². The first kappa shape index (κ1) is 30.7. The van der Waals surface area contributed by atoms with Crippen molar-refractivity contribution >= 4 is 17.6 Å². The summed E-state index contributed by atoms with van der Waals surface area (Å²) in [4.78, 5) is 31.3. The molecule has 230 valence electrons. The summed E-state index contributed by atoms with van der Waals surface area (Å²) in [6, 6.07) is 6.60. The Balaban J connectivity index is 1.59. The second-order valence-electron chi connectivity index (χ2n) is 13.6. The Morgan fingerprint density at radius 3 is 2.28 bits per heavy atom. The second-order valence-corrected chi connectivity index (χ2v) is 13.6. The summed E-state index contributed by atoms with van der Waals surface area (Å²) in [6.07, 6.45) is 5.16. The molecular formula is C34H45N5O4. The minimum absolute atomic E-state index is 0.243. The number of aliphatic carboxylic acids is 1. The standard InChI is InChI=1S/C34H45N5O4/c1-21-27(24-9-10-25-20-39(14-11-23(25)17-24)32-35-18-26(42-8)19-36-32)29(38-15-12-34(6,7)13-16-38)28(22(2)37-21)30(31(40)41)43-33(3,4)5/h9-10,17-19,30H,11-16,20H2,1-8H3,(H,40,41)/t30-/m0/s1. The van der Waals surface area contributed by atoms with E-state index in [1.165, 1.54) is 11.1 Å². The number of aromatic nitrogens is 3. The lowest BCUT2D eigenvalue weighted by atomic mass is 9.81. The Labute approximate surface area is 255 Å². The number of aryl methyl sites for hydroxylation is 2. The lowest BCUT2D eigenvalue weighted by molar-refractivity contribution is -0.160. The monoisotopic (exact) mass is 587 g/mol. The number of carboxylic acid groups (broad SMARTS) is 1. The van der Waals surface area contributed by atoms with Gasteiger partial charge in [-0.1, -0.05) is 32.0 Å². The van der Waals surface area contributed by atoms with Gasteiger partial charge in [-0.3, -0.25) is 4.98 Å². The number of piperidine rings is 1. The quantitative estimate of drug-likeness (QED) is 0.342. The van der Waals surface area contributed by atoms with Crippen molar-refractivity contribution in [1.29, 1.82) is 0 Å². The zero-order valence-electron chi connectivity index (χ0n) is 26.8. The van der Waals surface area contributed by atoms with Gasteiger partial charge in [0.2, 0.25) is 5.95 Å². The first-order valence-electron chi connectivity index (χ1n) is 15.2. The highest BCUT2D eigenvalue weighted by Crippen LogP contribution is 2.45. The Bertz CT molecular complexity index is 1490. The lowest BCUT2D eigenvalue weighted by Gasteiger charge is -2.41. The number of fused-ring (bicyclic) bond motifs is 1.